The van der Waals surface area contributed by atoms with E-state index < -0.39 is 5.97 Å². The molecule has 118 valence electrons. The molecule has 0 spiro atoms. The Hall–Kier alpha value is -1.06. The van der Waals surface area contributed by atoms with Crippen molar-refractivity contribution in [1.29, 1.82) is 0 Å². The van der Waals surface area contributed by atoms with Gasteiger partial charge in [0.15, 0.2) is 0 Å². The lowest BCUT2D eigenvalue weighted by Crippen LogP contribution is -2.45. The molecule has 1 amide bonds. The number of hydrogen-bond acceptors (Lipinski definition) is 2. The van der Waals surface area contributed by atoms with Crippen molar-refractivity contribution in [1.82, 2.24) is 5.32 Å². The van der Waals surface area contributed by atoms with Gasteiger partial charge in [-0.05, 0) is 23.2 Å². The van der Waals surface area contributed by atoms with Crippen LogP contribution < -0.4 is 5.32 Å². The molecular formula is C16H31NO3. The maximum Gasteiger partial charge on any atom is 0.305 e. The Morgan fingerprint density at radius 2 is 1.55 bits per heavy atom. The van der Waals surface area contributed by atoms with Crippen molar-refractivity contribution < 1.29 is 14.7 Å². The summed E-state index contributed by atoms with van der Waals surface area (Å²) in [6, 6.07) is -0.339. The first-order valence-electron chi connectivity index (χ1n) is 7.32. The SMILES string of the molecule is CC(CC(=O)NC(CC(=O)O)C(C)(C)C)CC(C)(C)C. The number of rotatable bonds is 6. The summed E-state index contributed by atoms with van der Waals surface area (Å²) in [4.78, 5) is 23.0. The topological polar surface area (TPSA) is 66.4 Å². The smallest absolute Gasteiger partial charge is 0.305 e. The van der Waals surface area contributed by atoms with Crippen LogP contribution in [0.25, 0.3) is 0 Å². The molecule has 0 aromatic heterocycles. The molecule has 0 radical (unpaired) electrons. The number of carbonyl (C=O) groups is 2. The highest BCUT2D eigenvalue weighted by atomic mass is 16.4. The van der Waals surface area contributed by atoms with E-state index in [1.165, 1.54) is 0 Å². The molecule has 0 saturated heterocycles. The average Bonchev–Trinajstić information content (AvgIpc) is 2.10. The zero-order chi connectivity index (χ0) is 16.1. The van der Waals surface area contributed by atoms with E-state index in [2.05, 4.69) is 33.0 Å². The van der Waals surface area contributed by atoms with E-state index in [-0.39, 0.29) is 29.2 Å². The van der Waals surface area contributed by atoms with Crippen LogP contribution in [-0.4, -0.2) is 23.0 Å². The molecule has 0 aliphatic heterocycles. The normalized spacial score (nSPS) is 15.6. The zero-order valence-electron chi connectivity index (χ0n) is 14.0. The minimum Gasteiger partial charge on any atom is -0.481 e. The molecule has 20 heavy (non-hydrogen) atoms. The third-order valence-corrected chi connectivity index (χ3v) is 3.25. The van der Waals surface area contributed by atoms with Gasteiger partial charge in [0.1, 0.15) is 0 Å². The molecule has 0 aliphatic carbocycles. The zero-order valence-corrected chi connectivity index (χ0v) is 14.0. The summed E-state index contributed by atoms with van der Waals surface area (Å²) in [6.07, 6.45) is 1.38. The van der Waals surface area contributed by atoms with Crippen LogP contribution in [0.15, 0.2) is 0 Å². The quantitative estimate of drug-likeness (QED) is 0.785. The minimum atomic E-state index is -0.882. The van der Waals surface area contributed by atoms with Crippen molar-refractivity contribution in [3.05, 3.63) is 0 Å². The summed E-state index contributed by atoms with van der Waals surface area (Å²) in [5.74, 6) is -0.642. The van der Waals surface area contributed by atoms with Crippen molar-refractivity contribution >= 4 is 11.9 Å². The second-order valence-electron chi connectivity index (χ2n) is 8.16. The Balaban J connectivity index is 4.51. The molecule has 0 fully saturated rings. The molecule has 0 bridgehead atoms. The van der Waals surface area contributed by atoms with E-state index in [1.54, 1.807) is 0 Å². The molecule has 4 nitrogen and oxygen atoms in total. The number of carboxylic acids is 1. The predicted molar refractivity (Wildman–Crippen MR) is 81.5 cm³/mol. The monoisotopic (exact) mass is 285 g/mol. The second kappa shape index (κ2) is 7.09. The Morgan fingerprint density at radius 3 is 1.90 bits per heavy atom. The van der Waals surface area contributed by atoms with E-state index >= 15 is 0 Å². The van der Waals surface area contributed by atoms with E-state index in [9.17, 15) is 9.59 Å². The molecule has 0 aromatic carbocycles. The maximum atomic E-state index is 12.1. The number of carbonyl (C=O) groups excluding carboxylic acids is 1. The standard InChI is InChI=1S/C16H31NO3/c1-11(10-15(2,3)4)8-13(18)17-12(9-14(19)20)16(5,6)7/h11-12H,8-10H2,1-7H3,(H,17,18)(H,19,20). The summed E-state index contributed by atoms with van der Waals surface area (Å²) >= 11 is 0. The van der Waals surface area contributed by atoms with Gasteiger partial charge in [0.25, 0.3) is 0 Å². The van der Waals surface area contributed by atoms with Crippen LogP contribution in [0.4, 0.5) is 0 Å². The fraction of sp³-hybridized carbons (Fsp3) is 0.875. The molecule has 0 aliphatic rings. The molecule has 0 aromatic rings. The van der Waals surface area contributed by atoms with E-state index in [0.29, 0.717) is 12.3 Å². The van der Waals surface area contributed by atoms with Crippen LogP contribution >= 0.6 is 0 Å². The maximum absolute atomic E-state index is 12.1. The lowest BCUT2D eigenvalue weighted by Gasteiger charge is -2.31. The van der Waals surface area contributed by atoms with Gasteiger partial charge in [0.2, 0.25) is 5.91 Å². The van der Waals surface area contributed by atoms with Gasteiger partial charge in [-0.25, -0.2) is 0 Å². The summed E-state index contributed by atoms with van der Waals surface area (Å²) in [5.41, 5.74) is -0.0640. The molecule has 2 atom stereocenters. The molecular weight excluding hydrogens is 254 g/mol. The molecule has 2 N–H and O–H groups in total. The van der Waals surface area contributed by atoms with Gasteiger partial charge < -0.3 is 10.4 Å². The van der Waals surface area contributed by atoms with Crippen molar-refractivity contribution in [3.8, 4) is 0 Å². The highest BCUT2D eigenvalue weighted by Gasteiger charge is 2.29. The predicted octanol–water partition coefficient (Wildman–Crippen LogP) is 3.45. The Kier molecular flexibility index (Phi) is 6.72. The number of carboxylic acid groups (broad SMARTS) is 1. The van der Waals surface area contributed by atoms with Crippen molar-refractivity contribution in [3.63, 3.8) is 0 Å². The Morgan fingerprint density at radius 1 is 1.05 bits per heavy atom. The number of aliphatic carboxylic acids is 1. The summed E-state index contributed by atoms with van der Waals surface area (Å²) in [7, 11) is 0. The van der Waals surface area contributed by atoms with Crippen LogP contribution in [0, 0.1) is 16.7 Å². The average molecular weight is 285 g/mol. The lowest BCUT2D eigenvalue weighted by atomic mass is 9.83. The van der Waals surface area contributed by atoms with E-state index in [4.69, 9.17) is 5.11 Å². The highest BCUT2D eigenvalue weighted by molar-refractivity contribution is 5.77. The number of amides is 1. The van der Waals surface area contributed by atoms with Crippen LogP contribution in [0.3, 0.4) is 0 Å². The lowest BCUT2D eigenvalue weighted by molar-refractivity contribution is -0.138. The van der Waals surface area contributed by atoms with Crippen molar-refractivity contribution in [2.75, 3.05) is 0 Å². The number of hydrogen-bond donors (Lipinski definition) is 2. The van der Waals surface area contributed by atoms with Gasteiger partial charge in [-0.1, -0.05) is 48.5 Å². The van der Waals surface area contributed by atoms with E-state index in [1.807, 2.05) is 20.8 Å². The van der Waals surface area contributed by atoms with Crippen LogP contribution in [0.1, 0.15) is 67.7 Å². The van der Waals surface area contributed by atoms with Crippen molar-refractivity contribution in [2.45, 2.75) is 73.8 Å². The first-order valence-corrected chi connectivity index (χ1v) is 7.32. The third kappa shape index (κ3) is 8.94. The van der Waals surface area contributed by atoms with Gasteiger partial charge in [-0.2, -0.15) is 0 Å². The first kappa shape index (κ1) is 18.9. The first-order chi connectivity index (χ1) is 8.81. The highest BCUT2D eigenvalue weighted by Crippen LogP contribution is 2.26. The number of nitrogens with one attached hydrogen (secondary N) is 1. The molecule has 0 saturated carbocycles. The largest absolute Gasteiger partial charge is 0.481 e. The fourth-order valence-corrected chi connectivity index (χ4v) is 2.44. The summed E-state index contributed by atoms with van der Waals surface area (Å²) < 4.78 is 0. The summed E-state index contributed by atoms with van der Waals surface area (Å²) in [5, 5.41) is 11.8. The van der Waals surface area contributed by atoms with Gasteiger partial charge >= 0.3 is 5.97 Å². The van der Waals surface area contributed by atoms with Crippen LogP contribution in [0.5, 0.6) is 0 Å². The molecule has 0 heterocycles. The van der Waals surface area contributed by atoms with Gasteiger partial charge in [0.05, 0.1) is 6.42 Å². The third-order valence-electron chi connectivity index (χ3n) is 3.25. The van der Waals surface area contributed by atoms with Gasteiger partial charge in [-0.3, -0.25) is 9.59 Å². The minimum absolute atomic E-state index is 0.0388. The van der Waals surface area contributed by atoms with Crippen molar-refractivity contribution in [2.24, 2.45) is 16.7 Å². The van der Waals surface area contributed by atoms with Crippen LogP contribution in [0.2, 0.25) is 0 Å². The van der Waals surface area contributed by atoms with E-state index in [0.717, 1.165) is 6.42 Å². The fourth-order valence-electron chi connectivity index (χ4n) is 2.44. The Bertz CT molecular complexity index is 337. The molecule has 0 rings (SSSR count). The second-order valence-corrected chi connectivity index (χ2v) is 8.16. The summed E-state index contributed by atoms with van der Waals surface area (Å²) in [6.45, 7) is 14.4. The Labute approximate surface area is 123 Å². The molecule has 4 heteroatoms. The van der Waals surface area contributed by atoms with Gasteiger partial charge in [-0.15, -0.1) is 0 Å². The van der Waals surface area contributed by atoms with Crippen LogP contribution in [-0.2, 0) is 9.59 Å². The van der Waals surface area contributed by atoms with Gasteiger partial charge in [0, 0.05) is 12.5 Å². The molecule has 2 unspecified atom stereocenters.